The Morgan fingerprint density at radius 3 is 2.86 bits per heavy atom. The lowest BCUT2D eigenvalue weighted by Gasteiger charge is -2.20. The summed E-state index contributed by atoms with van der Waals surface area (Å²) in [6.07, 6.45) is 1.21. The smallest absolute Gasteiger partial charge is 0.258 e. The van der Waals surface area contributed by atoms with Gasteiger partial charge in [-0.1, -0.05) is 19.9 Å². The van der Waals surface area contributed by atoms with Crippen LogP contribution in [0, 0.1) is 5.92 Å². The Kier molecular flexibility index (Phi) is 5.38. The van der Waals surface area contributed by atoms with Gasteiger partial charge in [0.15, 0.2) is 6.61 Å². The second kappa shape index (κ2) is 7.26. The van der Waals surface area contributed by atoms with E-state index in [9.17, 15) is 14.7 Å². The van der Waals surface area contributed by atoms with E-state index in [0.29, 0.717) is 18.6 Å². The van der Waals surface area contributed by atoms with E-state index in [1.807, 2.05) is 19.9 Å². The third-order valence-corrected chi connectivity index (χ3v) is 3.69. The van der Waals surface area contributed by atoms with Crippen LogP contribution >= 0.6 is 0 Å². The van der Waals surface area contributed by atoms with Gasteiger partial charge in [-0.2, -0.15) is 0 Å². The summed E-state index contributed by atoms with van der Waals surface area (Å²) >= 11 is 0. The number of ether oxygens (including phenoxy) is 1. The number of rotatable bonds is 6. The Labute approximate surface area is 129 Å². The molecule has 120 valence electrons. The van der Waals surface area contributed by atoms with Crippen molar-refractivity contribution in [2.24, 2.45) is 5.92 Å². The van der Waals surface area contributed by atoms with E-state index < -0.39 is 0 Å². The minimum Gasteiger partial charge on any atom is -0.484 e. The molecule has 0 bridgehead atoms. The monoisotopic (exact) mass is 306 g/mol. The van der Waals surface area contributed by atoms with Gasteiger partial charge in [-0.25, -0.2) is 0 Å². The highest BCUT2D eigenvalue weighted by Gasteiger charge is 2.17. The number of benzene rings is 1. The SMILES string of the molecule is CC(C)C(CO)NC(=O)COc1ccc2c(c1)NC(=O)CC2. The van der Waals surface area contributed by atoms with E-state index in [-0.39, 0.29) is 37.0 Å². The van der Waals surface area contributed by atoms with Crippen LogP contribution in [0.2, 0.25) is 0 Å². The van der Waals surface area contributed by atoms with Crippen molar-refractivity contribution in [3.8, 4) is 5.75 Å². The molecule has 0 fully saturated rings. The second-order valence-electron chi connectivity index (χ2n) is 5.76. The van der Waals surface area contributed by atoms with E-state index in [4.69, 9.17) is 4.74 Å². The normalized spacial score (nSPS) is 15.0. The second-order valence-corrected chi connectivity index (χ2v) is 5.76. The molecule has 0 saturated carbocycles. The van der Waals surface area contributed by atoms with Crippen molar-refractivity contribution in [3.05, 3.63) is 23.8 Å². The highest BCUT2D eigenvalue weighted by Crippen LogP contribution is 2.27. The molecule has 1 unspecified atom stereocenters. The van der Waals surface area contributed by atoms with Crippen molar-refractivity contribution >= 4 is 17.5 Å². The summed E-state index contributed by atoms with van der Waals surface area (Å²) in [6, 6.07) is 5.13. The number of hydrogen-bond acceptors (Lipinski definition) is 4. The lowest BCUT2D eigenvalue weighted by molar-refractivity contribution is -0.124. The molecule has 0 aliphatic carbocycles. The molecule has 1 aliphatic rings. The summed E-state index contributed by atoms with van der Waals surface area (Å²) in [5, 5.41) is 14.7. The van der Waals surface area contributed by atoms with Crippen LogP contribution < -0.4 is 15.4 Å². The molecule has 1 aromatic rings. The molecular weight excluding hydrogens is 284 g/mol. The molecule has 2 amide bonds. The first-order valence-electron chi connectivity index (χ1n) is 7.45. The molecule has 0 aromatic heterocycles. The fourth-order valence-electron chi connectivity index (χ4n) is 2.26. The van der Waals surface area contributed by atoms with Crippen molar-refractivity contribution in [1.29, 1.82) is 0 Å². The maximum Gasteiger partial charge on any atom is 0.258 e. The molecule has 1 aliphatic heterocycles. The first-order valence-corrected chi connectivity index (χ1v) is 7.45. The van der Waals surface area contributed by atoms with Crippen molar-refractivity contribution in [1.82, 2.24) is 5.32 Å². The number of aliphatic hydroxyl groups excluding tert-OH is 1. The average Bonchev–Trinajstić information content (AvgIpc) is 2.49. The number of aliphatic hydroxyl groups is 1. The van der Waals surface area contributed by atoms with Gasteiger partial charge in [0.1, 0.15) is 5.75 Å². The largest absolute Gasteiger partial charge is 0.484 e. The van der Waals surface area contributed by atoms with E-state index >= 15 is 0 Å². The highest BCUT2D eigenvalue weighted by atomic mass is 16.5. The molecule has 3 N–H and O–H groups in total. The van der Waals surface area contributed by atoms with Gasteiger partial charge in [0, 0.05) is 18.2 Å². The Morgan fingerprint density at radius 2 is 2.18 bits per heavy atom. The van der Waals surface area contributed by atoms with Crippen molar-refractivity contribution in [2.75, 3.05) is 18.5 Å². The maximum absolute atomic E-state index is 11.8. The average molecular weight is 306 g/mol. The molecule has 1 aromatic carbocycles. The standard InChI is InChI=1S/C16H22N2O4/c1-10(2)14(8-19)18-16(21)9-22-12-5-3-11-4-6-15(20)17-13(11)7-12/h3,5,7,10,14,19H,4,6,8-9H2,1-2H3,(H,17,20)(H,18,21). The molecule has 0 radical (unpaired) electrons. The molecule has 1 atom stereocenters. The van der Waals surface area contributed by atoms with E-state index in [2.05, 4.69) is 10.6 Å². The Morgan fingerprint density at radius 1 is 1.41 bits per heavy atom. The van der Waals surface area contributed by atoms with Crippen LogP contribution in [-0.4, -0.2) is 36.2 Å². The molecule has 2 rings (SSSR count). The van der Waals surface area contributed by atoms with Gasteiger partial charge >= 0.3 is 0 Å². The van der Waals surface area contributed by atoms with Crippen molar-refractivity contribution < 1.29 is 19.4 Å². The minimum absolute atomic E-state index is 0.00915. The fourth-order valence-corrected chi connectivity index (χ4v) is 2.26. The predicted octanol–water partition coefficient (Wildman–Crippen LogP) is 1.08. The highest BCUT2D eigenvalue weighted by molar-refractivity contribution is 5.94. The molecular formula is C16H22N2O4. The predicted molar refractivity (Wildman–Crippen MR) is 82.7 cm³/mol. The van der Waals surface area contributed by atoms with Gasteiger partial charge < -0.3 is 20.5 Å². The quantitative estimate of drug-likeness (QED) is 0.734. The zero-order valence-corrected chi connectivity index (χ0v) is 12.9. The maximum atomic E-state index is 11.8. The Balaban J connectivity index is 1.90. The van der Waals surface area contributed by atoms with Crippen LogP contribution in [0.15, 0.2) is 18.2 Å². The number of anilines is 1. The van der Waals surface area contributed by atoms with Crippen LogP contribution in [0.1, 0.15) is 25.8 Å². The fraction of sp³-hybridized carbons (Fsp3) is 0.500. The molecule has 6 heteroatoms. The molecule has 6 nitrogen and oxygen atoms in total. The number of aryl methyl sites for hydroxylation is 1. The first-order chi connectivity index (χ1) is 10.5. The van der Waals surface area contributed by atoms with E-state index in [1.54, 1.807) is 12.1 Å². The van der Waals surface area contributed by atoms with E-state index in [0.717, 1.165) is 11.3 Å². The van der Waals surface area contributed by atoms with Gasteiger partial charge in [0.05, 0.1) is 12.6 Å². The van der Waals surface area contributed by atoms with Gasteiger partial charge in [0.25, 0.3) is 5.91 Å². The van der Waals surface area contributed by atoms with Crippen LogP contribution in [0.25, 0.3) is 0 Å². The first kappa shape index (κ1) is 16.3. The zero-order chi connectivity index (χ0) is 16.1. The summed E-state index contributed by atoms with van der Waals surface area (Å²) < 4.78 is 5.45. The molecule has 22 heavy (non-hydrogen) atoms. The van der Waals surface area contributed by atoms with Gasteiger partial charge in [-0.3, -0.25) is 9.59 Å². The number of carbonyl (C=O) groups is 2. The number of nitrogens with one attached hydrogen (secondary N) is 2. The van der Waals surface area contributed by atoms with Crippen molar-refractivity contribution in [2.45, 2.75) is 32.7 Å². The number of carbonyl (C=O) groups excluding carboxylic acids is 2. The summed E-state index contributed by atoms with van der Waals surface area (Å²) in [7, 11) is 0. The Hall–Kier alpha value is -2.08. The zero-order valence-electron chi connectivity index (χ0n) is 12.9. The van der Waals surface area contributed by atoms with E-state index in [1.165, 1.54) is 0 Å². The summed E-state index contributed by atoms with van der Waals surface area (Å²) in [5.41, 5.74) is 1.81. The topological polar surface area (TPSA) is 87.7 Å². The lowest BCUT2D eigenvalue weighted by Crippen LogP contribution is -2.43. The summed E-state index contributed by atoms with van der Waals surface area (Å²) in [4.78, 5) is 23.2. The van der Waals surface area contributed by atoms with Crippen LogP contribution in [0.5, 0.6) is 5.75 Å². The molecule has 0 spiro atoms. The number of hydrogen-bond donors (Lipinski definition) is 3. The van der Waals surface area contributed by atoms with Gasteiger partial charge in [-0.15, -0.1) is 0 Å². The number of amides is 2. The molecule has 1 heterocycles. The van der Waals surface area contributed by atoms with Gasteiger partial charge in [0.2, 0.25) is 5.91 Å². The number of fused-ring (bicyclic) bond motifs is 1. The summed E-state index contributed by atoms with van der Waals surface area (Å²) in [5.74, 6) is 0.383. The summed E-state index contributed by atoms with van der Waals surface area (Å²) in [6.45, 7) is 3.62. The third kappa shape index (κ3) is 4.21. The lowest BCUT2D eigenvalue weighted by atomic mass is 10.0. The van der Waals surface area contributed by atoms with Crippen molar-refractivity contribution in [3.63, 3.8) is 0 Å². The Bertz CT molecular complexity index is 557. The van der Waals surface area contributed by atoms with Crippen LogP contribution in [0.3, 0.4) is 0 Å². The molecule has 0 saturated heterocycles. The minimum atomic E-state index is -0.283. The van der Waals surface area contributed by atoms with Gasteiger partial charge in [-0.05, 0) is 24.0 Å². The van der Waals surface area contributed by atoms with Crippen LogP contribution in [0.4, 0.5) is 5.69 Å². The third-order valence-electron chi connectivity index (χ3n) is 3.69. The van der Waals surface area contributed by atoms with Crippen LogP contribution in [-0.2, 0) is 16.0 Å².